The Labute approximate surface area is 233 Å². The number of carbonyl (C=O) groups excluding carboxylic acids is 1. The highest BCUT2D eigenvalue weighted by Crippen LogP contribution is 2.55. The summed E-state index contributed by atoms with van der Waals surface area (Å²) in [6, 6.07) is 10.3. The number of phenols is 2. The van der Waals surface area contributed by atoms with Crippen LogP contribution in [0.2, 0.25) is 0 Å². The third-order valence-electron chi connectivity index (χ3n) is 7.35. The lowest BCUT2D eigenvalue weighted by Gasteiger charge is -2.33. The number of hydrogen-bond acceptors (Lipinski definition) is 8. The molecular formula is C30H26O11. The minimum Gasteiger partial charge on any atom is -0.508 e. The molecule has 3 aromatic rings. The highest BCUT2D eigenvalue weighted by molar-refractivity contribution is 5.98. The Morgan fingerprint density at radius 2 is 1.27 bits per heavy atom. The van der Waals surface area contributed by atoms with Crippen molar-refractivity contribution >= 4 is 23.9 Å². The van der Waals surface area contributed by atoms with E-state index in [9.17, 15) is 34.5 Å². The molecule has 41 heavy (non-hydrogen) atoms. The Hall–Kier alpha value is -5.06. The van der Waals surface area contributed by atoms with Gasteiger partial charge in [0.1, 0.15) is 29.1 Å². The molecule has 0 fully saturated rings. The van der Waals surface area contributed by atoms with Gasteiger partial charge in [0.2, 0.25) is 0 Å². The van der Waals surface area contributed by atoms with E-state index < -0.39 is 35.9 Å². The highest BCUT2D eigenvalue weighted by Gasteiger charge is 2.43. The van der Waals surface area contributed by atoms with Gasteiger partial charge in [0.15, 0.2) is 0 Å². The normalized spacial score (nSPS) is 15.3. The van der Waals surface area contributed by atoms with Gasteiger partial charge in [-0.3, -0.25) is 9.59 Å². The number of ether oxygens (including phenoxy) is 2. The summed E-state index contributed by atoms with van der Waals surface area (Å²) in [5.41, 5.74) is 2.48. The Kier molecular flexibility index (Phi) is 7.27. The van der Waals surface area contributed by atoms with Gasteiger partial charge in [-0.2, -0.15) is 0 Å². The molecule has 5 rings (SSSR count). The SMILES string of the molecule is O=C(O)CCCc1cc2c(cc1O)Oc1cc(O)c(CCCC(=O)O)cc1C2C1OC(=O)c2cc(C(=O)O)ccc21. The van der Waals surface area contributed by atoms with E-state index in [-0.39, 0.29) is 72.6 Å². The molecule has 2 aliphatic heterocycles. The van der Waals surface area contributed by atoms with Gasteiger partial charge >= 0.3 is 23.9 Å². The number of aryl methyl sites for hydroxylation is 2. The summed E-state index contributed by atoms with van der Waals surface area (Å²) in [6.45, 7) is 0. The largest absolute Gasteiger partial charge is 0.508 e. The molecule has 5 N–H and O–H groups in total. The van der Waals surface area contributed by atoms with Crippen LogP contribution in [0, 0.1) is 0 Å². The van der Waals surface area contributed by atoms with E-state index in [0.29, 0.717) is 27.8 Å². The predicted molar refractivity (Wildman–Crippen MR) is 141 cm³/mol. The zero-order valence-corrected chi connectivity index (χ0v) is 21.6. The molecule has 11 nitrogen and oxygen atoms in total. The fraction of sp³-hybridized carbons (Fsp3) is 0.267. The van der Waals surface area contributed by atoms with Crippen molar-refractivity contribution in [3.63, 3.8) is 0 Å². The number of carboxylic acids is 3. The summed E-state index contributed by atoms with van der Waals surface area (Å²) >= 11 is 0. The van der Waals surface area contributed by atoms with Crippen molar-refractivity contribution in [2.24, 2.45) is 0 Å². The molecule has 0 aliphatic carbocycles. The molecule has 2 heterocycles. The second kappa shape index (κ2) is 10.8. The van der Waals surface area contributed by atoms with Gasteiger partial charge in [-0.25, -0.2) is 9.59 Å². The summed E-state index contributed by atoms with van der Waals surface area (Å²) in [6.07, 6.45) is -0.0756. The molecule has 11 heteroatoms. The van der Waals surface area contributed by atoms with Crippen LogP contribution < -0.4 is 4.74 Å². The van der Waals surface area contributed by atoms with E-state index in [0.717, 1.165) is 0 Å². The quantitative estimate of drug-likeness (QED) is 0.214. The number of aromatic hydroxyl groups is 2. The highest BCUT2D eigenvalue weighted by atomic mass is 16.6. The number of rotatable bonds is 10. The van der Waals surface area contributed by atoms with Crippen LogP contribution >= 0.6 is 0 Å². The maximum atomic E-state index is 12.9. The summed E-state index contributed by atoms with van der Waals surface area (Å²) in [4.78, 5) is 46.5. The molecule has 3 aromatic carbocycles. The monoisotopic (exact) mass is 562 g/mol. The molecule has 0 radical (unpaired) electrons. The average Bonchev–Trinajstić information content (AvgIpc) is 3.23. The summed E-state index contributed by atoms with van der Waals surface area (Å²) < 4.78 is 11.9. The van der Waals surface area contributed by atoms with Crippen LogP contribution in [0.4, 0.5) is 0 Å². The smallest absolute Gasteiger partial charge is 0.339 e. The van der Waals surface area contributed by atoms with E-state index in [4.69, 9.17) is 19.7 Å². The number of aliphatic carboxylic acids is 2. The Balaban J connectivity index is 1.63. The van der Waals surface area contributed by atoms with Gasteiger partial charge in [0.25, 0.3) is 0 Å². The molecule has 2 aliphatic rings. The van der Waals surface area contributed by atoms with Crippen molar-refractivity contribution in [2.45, 2.75) is 50.5 Å². The molecule has 0 amide bonds. The average molecular weight is 563 g/mol. The number of phenolic OH excluding ortho intramolecular Hbond substituents is 2. The number of benzene rings is 3. The van der Waals surface area contributed by atoms with Crippen molar-refractivity contribution in [3.8, 4) is 23.0 Å². The van der Waals surface area contributed by atoms with Crippen LogP contribution in [0.3, 0.4) is 0 Å². The van der Waals surface area contributed by atoms with E-state index in [2.05, 4.69) is 0 Å². The molecule has 0 bridgehead atoms. The zero-order chi connectivity index (χ0) is 29.4. The first-order chi connectivity index (χ1) is 19.5. The summed E-state index contributed by atoms with van der Waals surface area (Å²) in [7, 11) is 0. The van der Waals surface area contributed by atoms with Gasteiger partial charge in [0, 0.05) is 41.7 Å². The number of hydrogen-bond donors (Lipinski definition) is 5. The molecule has 1 unspecified atom stereocenters. The molecule has 212 valence electrons. The summed E-state index contributed by atoms with van der Waals surface area (Å²) in [5, 5.41) is 48.9. The Bertz CT molecular complexity index is 1510. The van der Waals surface area contributed by atoms with E-state index >= 15 is 0 Å². The molecular weight excluding hydrogens is 536 g/mol. The van der Waals surface area contributed by atoms with Gasteiger partial charge in [0.05, 0.1) is 17.0 Å². The topological polar surface area (TPSA) is 188 Å². The summed E-state index contributed by atoms with van der Waals surface area (Å²) in [5.74, 6) is -4.30. The second-order valence-corrected chi connectivity index (χ2v) is 10.0. The minimum atomic E-state index is -1.20. The fourth-order valence-electron chi connectivity index (χ4n) is 5.41. The van der Waals surface area contributed by atoms with Crippen LogP contribution in [0.15, 0.2) is 42.5 Å². The molecule has 0 aromatic heterocycles. The van der Waals surface area contributed by atoms with Gasteiger partial charge < -0.3 is 35.0 Å². The van der Waals surface area contributed by atoms with Crippen LogP contribution in [0.1, 0.15) is 86.2 Å². The first-order valence-electron chi connectivity index (χ1n) is 12.9. The molecule has 0 saturated heterocycles. The number of carbonyl (C=O) groups is 4. The van der Waals surface area contributed by atoms with Crippen molar-refractivity contribution in [1.29, 1.82) is 0 Å². The fourth-order valence-corrected chi connectivity index (χ4v) is 5.41. The van der Waals surface area contributed by atoms with Crippen LogP contribution in [0.25, 0.3) is 0 Å². The van der Waals surface area contributed by atoms with E-state index in [1.165, 1.54) is 30.3 Å². The van der Waals surface area contributed by atoms with Crippen molar-refractivity contribution in [3.05, 3.63) is 81.4 Å². The lowest BCUT2D eigenvalue weighted by atomic mass is 9.79. The second-order valence-electron chi connectivity index (χ2n) is 10.0. The standard InChI is InChI=1S/C30H26O11/c31-21-12-23-19(9-14(21)3-1-5-25(33)34)27(28-17-8-7-16(29(37)38)11-18(17)30(39)41-28)20-10-15(4-2-6-26(35)36)22(32)13-24(20)40-23/h7-13,27-28,31-32H,1-6H2,(H,33,34)(H,35,36)(H,37,38). The zero-order valence-electron chi connectivity index (χ0n) is 21.6. The Morgan fingerprint density at radius 3 is 1.76 bits per heavy atom. The van der Waals surface area contributed by atoms with E-state index in [1.807, 2.05) is 0 Å². The number of esters is 1. The van der Waals surface area contributed by atoms with Crippen molar-refractivity contribution in [2.75, 3.05) is 0 Å². The third kappa shape index (κ3) is 5.38. The van der Waals surface area contributed by atoms with Gasteiger partial charge in [-0.15, -0.1) is 0 Å². The number of aromatic carboxylic acids is 1. The van der Waals surface area contributed by atoms with E-state index in [1.54, 1.807) is 12.1 Å². The third-order valence-corrected chi connectivity index (χ3v) is 7.35. The maximum Gasteiger partial charge on any atom is 0.339 e. The molecule has 1 atom stereocenters. The number of carboxylic acid groups (broad SMARTS) is 3. The van der Waals surface area contributed by atoms with Gasteiger partial charge in [-0.1, -0.05) is 6.07 Å². The predicted octanol–water partition coefficient (Wildman–Crippen LogP) is 4.76. The lowest BCUT2D eigenvalue weighted by Crippen LogP contribution is -2.19. The first kappa shape index (κ1) is 27.5. The Morgan fingerprint density at radius 1 is 0.732 bits per heavy atom. The van der Waals surface area contributed by atoms with Crippen LogP contribution in [0.5, 0.6) is 23.0 Å². The number of cyclic esters (lactones) is 1. The minimum absolute atomic E-state index is 0.0783. The molecule has 0 spiro atoms. The van der Waals surface area contributed by atoms with Crippen molar-refractivity contribution in [1.82, 2.24) is 0 Å². The molecule has 0 saturated carbocycles. The van der Waals surface area contributed by atoms with Crippen molar-refractivity contribution < 1.29 is 54.2 Å². The maximum absolute atomic E-state index is 12.9. The lowest BCUT2D eigenvalue weighted by molar-refractivity contribution is -0.138. The van der Waals surface area contributed by atoms with Gasteiger partial charge in [-0.05, 0) is 61.1 Å². The first-order valence-corrected chi connectivity index (χ1v) is 12.9. The van der Waals surface area contributed by atoms with Crippen LogP contribution in [-0.2, 0) is 27.2 Å². The van der Waals surface area contributed by atoms with Crippen LogP contribution in [-0.4, -0.2) is 49.4 Å². The number of fused-ring (bicyclic) bond motifs is 3.